The van der Waals surface area contributed by atoms with E-state index < -0.39 is 0 Å². The van der Waals surface area contributed by atoms with Gasteiger partial charge in [-0.25, -0.2) is 0 Å². The summed E-state index contributed by atoms with van der Waals surface area (Å²) in [4.78, 5) is 16.3. The number of ether oxygens (including phenoxy) is 2. The lowest BCUT2D eigenvalue weighted by Crippen LogP contribution is -2.14. The number of hydrogen-bond donors (Lipinski definition) is 1. The Hall–Kier alpha value is -1.92. The average Bonchev–Trinajstić information content (AvgIpc) is 3.05. The van der Waals surface area contributed by atoms with Crippen molar-refractivity contribution in [3.05, 3.63) is 44.0 Å². The van der Waals surface area contributed by atoms with Gasteiger partial charge in [0.15, 0.2) is 0 Å². The molecule has 0 saturated heterocycles. The van der Waals surface area contributed by atoms with Crippen LogP contribution < -0.4 is 14.8 Å². The zero-order valence-corrected chi connectivity index (χ0v) is 16.5. The summed E-state index contributed by atoms with van der Waals surface area (Å²) in [5.41, 5.74) is 3.68. The van der Waals surface area contributed by atoms with Gasteiger partial charge in [0.25, 0.3) is 5.91 Å². The van der Waals surface area contributed by atoms with Crippen molar-refractivity contribution in [2.45, 2.75) is 31.4 Å². The van der Waals surface area contributed by atoms with E-state index in [0.717, 1.165) is 10.7 Å². The number of carbonyl (C=O) groups excluding carboxylic acids is 1. The lowest BCUT2D eigenvalue weighted by atomic mass is 9.95. The van der Waals surface area contributed by atoms with Gasteiger partial charge in [-0.1, -0.05) is 0 Å². The average molecular weight is 388 g/mol. The monoisotopic (exact) mass is 387 g/mol. The molecule has 2 aromatic rings. The number of amides is 1. The number of hydrogen-bond acceptors (Lipinski definition) is 5. The lowest BCUT2D eigenvalue weighted by molar-refractivity contribution is -0.112. The summed E-state index contributed by atoms with van der Waals surface area (Å²) >= 11 is 3.49. The number of anilines is 1. The minimum absolute atomic E-state index is 0.0812. The molecule has 136 valence electrons. The van der Waals surface area contributed by atoms with Crippen LogP contribution in [0.5, 0.6) is 11.5 Å². The fraction of sp³-hybridized carbons (Fsp3) is 0.350. The molecular formula is C20H21NO3S2. The first-order chi connectivity index (χ1) is 12.7. The molecule has 0 bridgehead atoms. The van der Waals surface area contributed by atoms with Crippen molar-refractivity contribution in [3.8, 4) is 11.5 Å². The fourth-order valence-electron chi connectivity index (χ4n) is 3.44. The maximum atomic E-state index is 12.7. The van der Waals surface area contributed by atoms with Crippen molar-refractivity contribution in [1.29, 1.82) is 0 Å². The summed E-state index contributed by atoms with van der Waals surface area (Å²) in [7, 11) is 3.19. The molecule has 4 rings (SSSR count). The largest absolute Gasteiger partial charge is 0.497 e. The number of nitrogens with one attached hydrogen (secondary N) is 1. The number of methoxy groups -OCH3 is 2. The second-order valence-electron chi connectivity index (χ2n) is 6.41. The van der Waals surface area contributed by atoms with E-state index in [0.29, 0.717) is 17.2 Å². The minimum Gasteiger partial charge on any atom is -0.497 e. The van der Waals surface area contributed by atoms with Gasteiger partial charge in [0, 0.05) is 39.4 Å². The van der Waals surface area contributed by atoms with Crippen LogP contribution in [0.2, 0.25) is 0 Å². The molecule has 1 N–H and O–H groups in total. The molecule has 1 aromatic heterocycles. The first-order valence-corrected chi connectivity index (χ1v) is 10.5. The van der Waals surface area contributed by atoms with Gasteiger partial charge in [-0.3, -0.25) is 4.79 Å². The van der Waals surface area contributed by atoms with E-state index in [4.69, 9.17) is 9.47 Å². The molecular weight excluding hydrogens is 366 g/mol. The predicted molar refractivity (Wildman–Crippen MR) is 108 cm³/mol. The summed E-state index contributed by atoms with van der Waals surface area (Å²) in [6.45, 7) is 0. The third kappa shape index (κ3) is 3.35. The SMILES string of the molecule is COc1cc(NC(=O)C2=Cc3sc4c(c3CS2)CCCC4)cc(OC)c1. The number of aryl methyl sites for hydroxylation is 1. The molecule has 26 heavy (non-hydrogen) atoms. The molecule has 0 saturated carbocycles. The molecule has 0 radical (unpaired) electrons. The minimum atomic E-state index is -0.0812. The lowest BCUT2D eigenvalue weighted by Gasteiger charge is -2.16. The Morgan fingerprint density at radius 1 is 1.04 bits per heavy atom. The maximum absolute atomic E-state index is 12.7. The van der Waals surface area contributed by atoms with Gasteiger partial charge in [0.1, 0.15) is 11.5 Å². The van der Waals surface area contributed by atoms with Gasteiger partial charge in [-0.05, 0) is 42.9 Å². The Bertz CT molecular complexity index is 863. The second-order valence-corrected chi connectivity index (χ2v) is 8.56. The Morgan fingerprint density at radius 3 is 2.50 bits per heavy atom. The molecule has 1 aliphatic heterocycles. The van der Waals surface area contributed by atoms with Crippen LogP contribution in [0.3, 0.4) is 0 Å². The highest BCUT2D eigenvalue weighted by Crippen LogP contribution is 2.42. The van der Waals surface area contributed by atoms with Crippen LogP contribution in [-0.2, 0) is 23.4 Å². The van der Waals surface area contributed by atoms with Crippen molar-refractivity contribution >= 4 is 40.8 Å². The van der Waals surface area contributed by atoms with Crippen LogP contribution in [0.4, 0.5) is 5.69 Å². The van der Waals surface area contributed by atoms with Crippen molar-refractivity contribution in [3.63, 3.8) is 0 Å². The zero-order valence-electron chi connectivity index (χ0n) is 14.9. The summed E-state index contributed by atoms with van der Waals surface area (Å²) in [6, 6.07) is 5.38. The van der Waals surface area contributed by atoms with E-state index >= 15 is 0 Å². The normalized spacial score (nSPS) is 15.5. The number of fused-ring (bicyclic) bond motifs is 3. The predicted octanol–water partition coefficient (Wildman–Crippen LogP) is 4.87. The van der Waals surface area contributed by atoms with Gasteiger partial charge in [0.05, 0.1) is 19.1 Å². The van der Waals surface area contributed by atoms with Gasteiger partial charge in [0.2, 0.25) is 0 Å². The van der Waals surface area contributed by atoms with E-state index in [1.165, 1.54) is 41.0 Å². The summed E-state index contributed by atoms with van der Waals surface area (Å²) < 4.78 is 10.5. The van der Waals surface area contributed by atoms with Gasteiger partial charge >= 0.3 is 0 Å². The quantitative estimate of drug-likeness (QED) is 0.813. The van der Waals surface area contributed by atoms with Crippen LogP contribution in [-0.4, -0.2) is 20.1 Å². The highest BCUT2D eigenvalue weighted by atomic mass is 32.2. The van der Waals surface area contributed by atoms with Crippen LogP contribution in [0.25, 0.3) is 6.08 Å². The van der Waals surface area contributed by atoms with Crippen molar-refractivity contribution in [2.24, 2.45) is 0 Å². The molecule has 6 heteroatoms. The molecule has 4 nitrogen and oxygen atoms in total. The third-order valence-corrected chi connectivity index (χ3v) is 7.11. The van der Waals surface area contributed by atoms with Crippen molar-refractivity contribution in [1.82, 2.24) is 0 Å². The van der Waals surface area contributed by atoms with E-state index in [1.807, 2.05) is 11.3 Å². The number of carbonyl (C=O) groups is 1. The molecule has 1 amide bonds. The third-order valence-electron chi connectivity index (χ3n) is 4.78. The molecule has 1 aromatic carbocycles. The zero-order chi connectivity index (χ0) is 18.1. The van der Waals surface area contributed by atoms with Crippen LogP contribution in [0, 0.1) is 0 Å². The first kappa shape index (κ1) is 17.5. The van der Waals surface area contributed by atoms with Gasteiger partial charge in [-0.2, -0.15) is 0 Å². The Morgan fingerprint density at radius 2 is 1.77 bits per heavy atom. The highest BCUT2D eigenvalue weighted by molar-refractivity contribution is 8.03. The van der Waals surface area contributed by atoms with Crippen LogP contribution >= 0.6 is 23.1 Å². The van der Waals surface area contributed by atoms with E-state index in [9.17, 15) is 4.79 Å². The Labute approximate surface area is 161 Å². The molecule has 0 fully saturated rings. The smallest absolute Gasteiger partial charge is 0.262 e. The van der Waals surface area contributed by atoms with Crippen molar-refractivity contribution < 1.29 is 14.3 Å². The standard InChI is InChI=1S/C20H21NO3S2/c1-23-13-7-12(8-14(9-13)24-2)21-20(22)19-10-18-16(11-25-19)15-5-3-4-6-17(15)26-18/h7-10H,3-6,11H2,1-2H3,(H,21,22). The number of thiophene rings is 1. The summed E-state index contributed by atoms with van der Waals surface area (Å²) in [5.74, 6) is 2.11. The summed E-state index contributed by atoms with van der Waals surface area (Å²) in [5, 5.41) is 2.97. The molecule has 1 aliphatic carbocycles. The number of rotatable bonds is 4. The van der Waals surface area contributed by atoms with E-state index in [2.05, 4.69) is 11.4 Å². The van der Waals surface area contributed by atoms with E-state index in [1.54, 1.807) is 49.7 Å². The van der Waals surface area contributed by atoms with Crippen molar-refractivity contribution in [2.75, 3.05) is 19.5 Å². The maximum Gasteiger partial charge on any atom is 0.262 e. The fourth-order valence-corrected chi connectivity index (χ4v) is 5.98. The van der Waals surface area contributed by atoms with Gasteiger partial charge < -0.3 is 14.8 Å². The van der Waals surface area contributed by atoms with E-state index in [-0.39, 0.29) is 5.91 Å². The van der Waals surface area contributed by atoms with Gasteiger partial charge in [-0.15, -0.1) is 23.1 Å². The highest BCUT2D eigenvalue weighted by Gasteiger charge is 2.25. The number of benzene rings is 1. The van der Waals surface area contributed by atoms with Crippen LogP contribution in [0.15, 0.2) is 23.1 Å². The Kier molecular flexibility index (Phi) is 4.96. The second kappa shape index (κ2) is 7.37. The van der Waals surface area contributed by atoms with Crippen LogP contribution in [0.1, 0.15) is 33.7 Å². The Balaban J connectivity index is 1.57. The summed E-state index contributed by atoms with van der Waals surface area (Å²) in [6.07, 6.45) is 7.01. The molecule has 0 spiro atoms. The molecule has 0 unspecified atom stereocenters. The first-order valence-electron chi connectivity index (χ1n) is 8.70. The molecule has 2 heterocycles. The topological polar surface area (TPSA) is 47.6 Å². The molecule has 2 aliphatic rings. The number of thioether (sulfide) groups is 1. The molecule has 0 atom stereocenters.